The number of amides is 1. The van der Waals surface area contributed by atoms with E-state index in [1.54, 1.807) is 4.90 Å². The third-order valence-corrected chi connectivity index (χ3v) is 3.59. The standard InChI is InChI=1S/C14H26N2O3/c1-10-9-16(13(17)19-14(2,3)4)6-5-12(10)18-11-7-15-8-11/h10-12,15H,5-9H2,1-4H3. The Kier molecular flexibility index (Phi) is 4.36. The highest BCUT2D eigenvalue weighted by Gasteiger charge is 2.33. The van der Waals surface area contributed by atoms with Crippen LogP contribution in [0.5, 0.6) is 0 Å². The van der Waals surface area contributed by atoms with Crippen molar-refractivity contribution in [2.24, 2.45) is 5.92 Å². The molecule has 0 bridgehead atoms. The van der Waals surface area contributed by atoms with Gasteiger partial charge in [-0.25, -0.2) is 4.79 Å². The van der Waals surface area contributed by atoms with Crippen LogP contribution in [0.3, 0.4) is 0 Å². The van der Waals surface area contributed by atoms with Gasteiger partial charge in [-0.3, -0.25) is 0 Å². The summed E-state index contributed by atoms with van der Waals surface area (Å²) in [6.07, 6.45) is 1.33. The van der Waals surface area contributed by atoms with Crippen molar-refractivity contribution in [3.63, 3.8) is 0 Å². The molecule has 5 nitrogen and oxygen atoms in total. The van der Waals surface area contributed by atoms with Gasteiger partial charge < -0.3 is 19.7 Å². The maximum Gasteiger partial charge on any atom is 0.410 e. The van der Waals surface area contributed by atoms with Gasteiger partial charge in [-0.05, 0) is 27.2 Å². The lowest BCUT2D eigenvalue weighted by molar-refractivity contribution is -0.0867. The summed E-state index contributed by atoms with van der Waals surface area (Å²) in [5, 5.41) is 3.21. The van der Waals surface area contributed by atoms with Crippen LogP contribution in [0.1, 0.15) is 34.1 Å². The van der Waals surface area contributed by atoms with Crippen molar-refractivity contribution in [3.05, 3.63) is 0 Å². The first-order chi connectivity index (χ1) is 8.85. The van der Waals surface area contributed by atoms with Crippen molar-refractivity contribution in [2.75, 3.05) is 26.2 Å². The summed E-state index contributed by atoms with van der Waals surface area (Å²) < 4.78 is 11.4. The molecule has 2 aliphatic rings. The maximum atomic E-state index is 12.0. The third kappa shape index (κ3) is 4.08. The molecule has 0 spiro atoms. The van der Waals surface area contributed by atoms with Gasteiger partial charge in [0.25, 0.3) is 0 Å². The third-order valence-electron chi connectivity index (χ3n) is 3.59. The van der Waals surface area contributed by atoms with Crippen molar-refractivity contribution in [1.82, 2.24) is 10.2 Å². The zero-order valence-corrected chi connectivity index (χ0v) is 12.4. The molecule has 0 aliphatic carbocycles. The van der Waals surface area contributed by atoms with Crippen LogP contribution < -0.4 is 5.32 Å². The first-order valence-electron chi connectivity index (χ1n) is 7.19. The number of ether oxygens (including phenoxy) is 2. The van der Waals surface area contributed by atoms with E-state index in [9.17, 15) is 4.79 Å². The predicted octanol–water partition coefficient (Wildman–Crippen LogP) is 1.62. The van der Waals surface area contributed by atoms with Crippen LogP contribution in [0.2, 0.25) is 0 Å². The Bertz CT molecular complexity index is 323. The van der Waals surface area contributed by atoms with Gasteiger partial charge in [0.15, 0.2) is 0 Å². The number of carbonyl (C=O) groups excluding carboxylic acids is 1. The number of piperidine rings is 1. The molecule has 0 aromatic heterocycles. The Morgan fingerprint density at radius 3 is 2.47 bits per heavy atom. The molecule has 5 heteroatoms. The molecule has 2 aliphatic heterocycles. The summed E-state index contributed by atoms with van der Waals surface area (Å²) in [7, 11) is 0. The lowest BCUT2D eigenvalue weighted by Crippen LogP contribution is -2.54. The average molecular weight is 270 g/mol. The van der Waals surface area contributed by atoms with Gasteiger partial charge in [0.2, 0.25) is 0 Å². The van der Waals surface area contributed by atoms with E-state index in [0.29, 0.717) is 12.0 Å². The van der Waals surface area contributed by atoms with Gasteiger partial charge in [-0.15, -0.1) is 0 Å². The fraction of sp³-hybridized carbons (Fsp3) is 0.929. The van der Waals surface area contributed by atoms with E-state index in [0.717, 1.165) is 32.6 Å². The Morgan fingerprint density at radius 1 is 1.32 bits per heavy atom. The van der Waals surface area contributed by atoms with E-state index in [2.05, 4.69) is 12.2 Å². The molecule has 2 rings (SSSR count). The second-order valence-electron chi connectivity index (χ2n) is 6.65. The molecule has 2 unspecified atom stereocenters. The fourth-order valence-electron chi connectivity index (χ4n) is 2.42. The largest absolute Gasteiger partial charge is 0.444 e. The predicted molar refractivity (Wildman–Crippen MR) is 73.1 cm³/mol. The number of carbonyl (C=O) groups is 1. The van der Waals surface area contributed by atoms with E-state index in [-0.39, 0.29) is 12.2 Å². The summed E-state index contributed by atoms with van der Waals surface area (Å²) in [5.41, 5.74) is -0.425. The van der Waals surface area contributed by atoms with E-state index in [1.807, 2.05) is 20.8 Å². The Morgan fingerprint density at radius 2 is 2.00 bits per heavy atom. The average Bonchev–Trinajstić information content (AvgIpc) is 2.22. The number of hydrogen-bond acceptors (Lipinski definition) is 4. The van der Waals surface area contributed by atoms with E-state index in [1.165, 1.54) is 0 Å². The van der Waals surface area contributed by atoms with Crippen LogP contribution in [0.4, 0.5) is 4.79 Å². The van der Waals surface area contributed by atoms with Crippen molar-refractivity contribution >= 4 is 6.09 Å². The van der Waals surface area contributed by atoms with Gasteiger partial charge in [-0.1, -0.05) is 6.92 Å². The van der Waals surface area contributed by atoms with Crippen LogP contribution >= 0.6 is 0 Å². The smallest absolute Gasteiger partial charge is 0.410 e. The molecule has 0 saturated carbocycles. The topological polar surface area (TPSA) is 50.8 Å². The highest BCUT2D eigenvalue weighted by atomic mass is 16.6. The minimum atomic E-state index is -0.425. The Hall–Kier alpha value is -0.810. The summed E-state index contributed by atoms with van der Waals surface area (Å²) in [6, 6.07) is 0. The van der Waals surface area contributed by atoms with Crippen LogP contribution in [0.25, 0.3) is 0 Å². The second-order valence-corrected chi connectivity index (χ2v) is 6.65. The Balaban J connectivity index is 1.80. The van der Waals surface area contributed by atoms with Crippen molar-refractivity contribution in [1.29, 1.82) is 0 Å². The number of nitrogens with zero attached hydrogens (tertiary/aromatic N) is 1. The fourth-order valence-corrected chi connectivity index (χ4v) is 2.42. The summed E-state index contributed by atoms with van der Waals surface area (Å²) in [5.74, 6) is 0.363. The zero-order chi connectivity index (χ0) is 14.0. The number of nitrogens with one attached hydrogen (secondary N) is 1. The van der Waals surface area contributed by atoms with E-state index in [4.69, 9.17) is 9.47 Å². The first kappa shape index (κ1) is 14.6. The van der Waals surface area contributed by atoms with Crippen LogP contribution in [-0.4, -0.2) is 55.0 Å². The lowest BCUT2D eigenvalue weighted by Gasteiger charge is -2.40. The minimum Gasteiger partial charge on any atom is -0.444 e. The molecule has 19 heavy (non-hydrogen) atoms. The van der Waals surface area contributed by atoms with E-state index >= 15 is 0 Å². The first-order valence-corrected chi connectivity index (χ1v) is 7.19. The number of hydrogen-bond donors (Lipinski definition) is 1. The van der Waals surface area contributed by atoms with Crippen LogP contribution in [-0.2, 0) is 9.47 Å². The van der Waals surface area contributed by atoms with Crippen LogP contribution in [0, 0.1) is 5.92 Å². The minimum absolute atomic E-state index is 0.205. The molecule has 0 aromatic carbocycles. The van der Waals surface area contributed by atoms with Gasteiger partial charge in [0, 0.05) is 32.1 Å². The van der Waals surface area contributed by atoms with Crippen molar-refractivity contribution in [2.45, 2.75) is 51.9 Å². The molecule has 2 atom stereocenters. The monoisotopic (exact) mass is 270 g/mol. The Labute approximate surface area is 115 Å². The molecule has 2 saturated heterocycles. The molecule has 2 fully saturated rings. The quantitative estimate of drug-likeness (QED) is 0.828. The van der Waals surface area contributed by atoms with E-state index < -0.39 is 5.60 Å². The molecule has 1 N–H and O–H groups in total. The molecule has 0 aromatic rings. The van der Waals surface area contributed by atoms with Crippen LogP contribution in [0.15, 0.2) is 0 Å². The van der Waals surface area contributed by atoms with Gasteiger partial charge in [0.1, 0.15) is 5.60 Å². The number of likely N-dealkylation sites (tertiary alicyclic amines) is 1. The van der Waals surface area contributed by atoms with Gasteiger partial charge in [-0.2, -0.15) is 0 Å². The zero-order valence-electron chi connectivity index (χ0n) is 12.4. The SMILES string of the molecule is CC1CN(C(=O)OC(C)(C)C)CCC1OC1CNC1. The summed E-state index contributed by atoms with van der Waals surface area (Å²) in [6.45, 7) is 11.2. The maximum absolute atomic E-state index is 12.0. The molecular weight excluding hydrogens is 244 g/mol. The van der Waals surface area contributed by atoms with Crippen molar-refractivity contribution < 1.29 is 14.3 Å². The summed E-state index contributed by atoms with van der Waals surface area (Å²) in [4.78, 5) is 13.8. The molecule has 1 amide bonds. The molecule has 110 valence electrons. The molecule has 0 radical (unpaired) electrons. The molecular formula is C14H26N2O3. The molecule has 2 heterocycles. The number of rotatable bonds is 2. The highest BCUT2D eigenvalue weighted by molar-refractivity contribution is 5.68. The normalized spacial score (nSPS) is 28.9. The van der Waals surface area contributed by atoms with Gasteiger partial charge in [0.05, 0.1) is 12.2 Å². The van der Waals surface area contributed by atoms with Gasteiger partial charge >= 0.3 is 6.09 Å². The summed E-state index contributed by atoms with van der Waals surface area (Å²) >= 11 is 0. The highest BCUT2D eigenvalue weighted by Crippen LogP contribution is 2.23. The van der Waals surface area contributed by atoms with Crippen molar-refractivity contribution in [3.8, 4) is 0 Å². The second kappa shape index (κ2) is 5.67. The lowest BCUT2D eigenvalue weighted by atomic mass is 9.96.